The lowest BCUT2D eigenvalue weighted by Gasteiger charge is -2.18. The van der Waals surface area contributed by atoms with Crippen LogP contribution in [0.4, 0.5) is 4.79 Å². The van der Waals surface area contributed by atoms with Crippen molar-refractivity contribution >= 4 is 17.7 Å². The van der Waals surface area contributed by atoms with Gasteiger partial charge in [0.2, 0.25) is 0 Å². The molecule has 0 fully saturated rings. The van der Waals surface area contributed by atoms with Crippen LogP contribution in [-0.2, 0) is 0 Å². The van der Waals surface area contributed by atoms with E-state index in [1.807, 2.05) is 0 Å². The van der Waals surface area contributed by atoms with Gasteiger partial charge in [0, 0.05) is 10.6 Å². The van der Waals surface area contributed by atoms with Crippen LogP contribution in [0.15, 0.2) is 24.3 Å². The Labute approximate surface area is 90.9 Å². The van der Waals surface area contributed by atoms with Gasteiger partial charge in [-0.1, -0.05) is 29.8 Å². The van der Waals surface area contributed by atoms with E-state index in [1.165, 1.54) is 12.1 Å². The van der Waals surface area contributed by atoms with Crippen molar-refractivity contribution < 1.29 is 20.1 Å². The molecule has 0 unspecified atom stereocenters. The Morgan fingerprint density at radius 2 is 1.93 bits per heavy atom. The van der Waals surface area contributed by atoms with Crippen molar-refractivity contribution in [3.63, 3.8) is 0 Å². The first-order valence-electron chi connectivity index (χ1n) is 4.12. The predicted molar refractivity (Wildman–Crippen MR) is 53.6 cm³/mol. The molecule has 15 heavy (non-hydrogen) atoms. The summed E-state index contributed by atoms with van der Waals surface area (Å²) in [7, 11) is 0. The monoisotopic (exact) mass is 231 g/mol. The molecule has 1 aromatic carbocycles. The molecule has 0 spiro atoms. The second kappa shape index (κ2) is 4.97. The maximum Gasteiger partial charge on any atom is 0.406 e. The minimum absolute atomic E-state index is 0.260. The molecule has 0 aromatic heterocycles. The standard InChI is InChI=1S/C9H10ClNO4/c10-6-4-2-1-3-5(6)7(12)8(13)11-9(14)15/h1-4,7-8,11-13H,(H,14,15)/t7-,8-/m0/s1. The van der Waals surface area contributed by atoms with Crippen molar-refractivity contribution in [1.82, 2.24) is 5.32 Å². The number of nitrogens with one attached hydrogen (secondary N) is 1. The molecule has 5 nitrogen and oxygen atoms in total. The fourth-order valence-electron chi connectivity index (χ4n) is 1.09. The third kappa shape index (κ3) is 3.09. The number of aliphatic hydroxyl groups is 2. The summed E-state index contributed by atoms with van der Waals surface area (Å²) >= 11 is 5.75. The van der Waals surface area contributed by atoms with Gasteiger partial charge in [-0.05, 0) is 6.07 Å². The summed E-state index contributed by atoms with van der Waals surface area (Å²) in [6.07, 6.45) is -4.43. The number of carbonyl (C=O) groups is 1. The first kappa shape index (κ1) is 11.8. The third-order valence-electron chi connectivity index (χ3n) is 1.79. The molecule has 1 rings (SSSR count). The van der Waals surface area contributed by atoms with Crippen LogP contribution in [0.3, 0.4) is 0 Å². The van der Waals surface area contributed by atoms with E-state index in [2.05, 4.69) is 0 Å². The summed E-state index contributed by atoms with van der Waals surface area (Å²) in [5, 5.41) is 29.1. The Morgan fingerprint density at radius 3 is 2.47 bits per heavy atom. The van der Waals surface area contributed by atoms with E-state index in [1.54, 1.807) is 17.4 Å². The number of aliphatic hydroxyl groups excluding tert-OH is 2. The van der Waals surface area contributed by atoms with Gasteiger partial charge in [-0.3, -0.25) is 5.32 Å². The van der Waals surface area contributed by atoms with E-state index in [4.69, 9.17) is 16.7 Å². The third-order valence-corrected chi connectivity index (χ3v) is 2.14. The first-order chi connectivity index (χ1) is 7.02. The summed E-state index contributed by atoms with van der Waals surface area (Å²) in [6, 6.07) is 6.32. The van der Waals surface area contributed by atoms with Crippen molar-refractivity contribution in [2.45, 2.75) is 12.3 Å². The highest BCUT2D eigenvalue weighted by Gasteiger charge is 2.21. The molecule has 82 valence electrons. The highest BCUT2D eigenvalue weighted by atomic mass is 35.5. The highest BCUT2D eigenvalue weighted by Crippen LogP contribution is 2.23. The second-order valence-corrected chi connectivity index (χ2v) is 3.27. The molecule has 4 N–H and O–H groups in total. The molecule has 2 atom stereocenters. The van der Waals surface area contributed by atoms with Crippen LogP contribution in [0.5, 0.6) is 0 Å². The average Bonchev–Trinajstić information content (AvgIpc) is 2.16. The number of benzene rings is 1. The molecule has 0 aliphatic heterocycles. The number of amides is 1. The fourth-order valence-corrected chi connectivity index (χ4v) is 1.34. The van der Waals surface area contributed by atoms with E-state index in [9.17, 15) is 15.0 Å². The topological polar surface area (TPSA) is 89.8 Å². The Morgan fingerprint density at radius 1 is 1.33 bits per heavy atom. The Kier molecular flexibility index (Phi) is 3.90. The summed E-state index contributed by atoms with van der Waals surface area (Å²) in [4.78, 5) is 10.2. The second-order valence-electron chi connectivity index (χ2n) is 2.86. The van der Waals surface area contributed by atoms with Crippen molar-refractivity contribution in [1.29, 1.82) is 0 Å². The van der Waals surface area contributed by atoms with E-state index in [0.29, 0.717) is 0 Å². The maximum absolute atomic E-state index is 10.2. The summed E-state index contributed by atoms with van der Waals surface area (Å²) in [6.45, 7) is 0. The molecule has 0 aliphatic carbocycles. The average molecular weight is 232 g/mol. The molecule has 1 amide bonds. The minimum Gasteiger partial charge on any atom is -0.465 e. The van der Waals surface area contributed by atoms with Crippen LogP contribution in [0.1, 0.15) is 11.7 Å². The molecule has 0 aliphatic rings. The number of halogens is 1. The lowest BCUT2D eigenvalue weighted by molar-refractivity contribution is -0.0000372. The Bertz CT molecular complexity index is 358. The van der Waals surface area contributed by atoms with Gasteiger partial charge in [0.15, 0.2) is 6.23 Å². The van der Waals surface area contributed by atoms with Crippen molar-refractivity contribution in [3.05, 3.63) is 34.9 Å². The minimum atomic E-state index is -1.61. The first-order valence-corrected chi connectivity index (χ1v) is 4.50. The molecular weight excluding hydrogens is 222 g/mol. The zero-order chi connectivity index (χ0) is 11.4. The van der Waals surface area contributed by atoms with Crippen LogP contribution in [0, 0.1) is 0 Å². The number of hydrogen-bond acceptors (Lipinski definition) is 3. The molecule has 0 bridgehead atoms. The normalized spacial score (nSPS) is 14.3. The predicted octanol–water partition coefficient (Wildman–Crippen LogP) is 0.959. The van der Waals surface area contributed by atoms with Gasteiger partial charge in [-0.25, -0.2) is 4.79 Å². The molecule has 1 aromatic rings. The fraction of sp³-hybridized carbons (Fsp3) is 0.222. The van der Waals surface area contributed by atoms with Crippen molar-refractivity contribution in [3.8, 4) is 0 Å². The van der Waals surface area contributed by atoms with E-state index in [-0.39, 0.29) is 10.6 Å². The summed E-state index contributed by atoms with van der Waals surface area (Å²) < 4.78 is 0. The van der Waals surface area contributed by atoms with Crippen molar-refractivity contribution in [2.24, 2.45) is 0 Å². The number of hydrogen-bond donors (Lipinski definition) is 4. The maximum atomic E-state index is 10.2. The van der Waals surface area contributed by atoms with Crippen LogP contribution >= 0.6 is 11.6 Å². The molecule has 0 saturated heterocycles. The Hall–Kier alpha value is -1.30. The molecule has 6 heteroatoms. The quantitative estimate of drug-likeness (QED) is 0.584. The van der Waals surface area contributed by atoms with Gasteiger partial charge in [0.1, 0.15) is 6.10 Å². The highest BCUT2D eigenvalue weighted by molar-refractivity contribution is 6.31. The molecule has 0 heterocycles. The summed E-state index contributed by atoms with van der Waals surface area (Å²) in [5.74, 6) is 0. The Balaban J connectivity index is 2.80. The smallest absolute Gasteiger partial charge is 0.406 e. The van der Waals surface area contributed by atoms with Crippen LogP contribution in [0.25, 0.3) is 0 Å². The molecular formula is C9H10ClNO4. The van der Waals surface area contributed by atoms with E-state index < -0.39 is 18.4 Å². The van der Waals surface area contributed by atoms with E-state index >= 15 is 0 Å². The van der Waals surface area contributed by atoms with Gasteiger partial charge in [-0.15, -0.1) is 0 Å². The zero-order valence-corrected chi connectivity index (χ0v) is 8.35. The van der Waals surface area contributed by atoms with Crippen LogP contribution < -0.4 is 5.32 Å². The van der Waals surface area contributed by atoms with Crippen LogP contribution in [-0.4, -0.2) is 27.6 Å². The van der Waals surface area contributed by atoms with Crippen LogP contribution in [0.2, 0.25) is 5.02 Å². The van der Waals surface area contributed by atoms with Gasteiger partial charge in [0.05, 0.1) is 0 Å². The largest absolute Gasteiger partial charge is 0.465 e. The molecule has 0 radical (unpaired) electrons. The van der Waals surface area contributed by atoms with Crippen molar-refractivity contribution in [2.75, 3.05) is 0 Å². The summed E-state index contributed by atoms with van der Waals surface area (Å²) in [5.41, 5.74) is 0.264. The number of carboxylic acid groups (broad SMARTS) is 1. The lowest BCUT2D eigenvalue weighted by atomic mass is 10.1. The lowest BCUT2D eigenvalue weighted by Crippen LogP contribution is -2.38. The van der Waals surface area contributed by atoms with Gasteiger partial charge in [-0.2, -0.15) is 0 Å². The van der Waals surface area contributed by atoms with Gasteiger partial charge < -0.3 is 15.3 Å². The SMILES string of the molecule is O=C(O)N[C@@H](O)[C@@H](O)c1ccccc1Cl. The number of rotatable bonds is 3. The zero-order valence-electron chi connectivity index (χ0n) is 7.59. The van der Waals surface area contributed by atoms with E-state index in [0.717, 1.165) is 0 Å². The molecule has 0 saturated carbocycles. The van der Waals surface area contributed by atoms with Gasteiger partial charge >= 0.3 is 6.09 Å². The van der Waals surface area contributed by atoms with Gasteiger partial charge in [0.25, 0.3) is 0 Å².